The zero-order valence-electron chi connectivity index (χ0n) is 8.51. The monoisotopic (exact) mass is 182 g/mol. The van der Waals surface area contributed by atoms with Crippen LogP contribution in [-0.4, -0.2) is 12.1 Å². The highest BCUT2D eigenvalue weighted by Crippen LogP contribution is 2.20. The van der Waals surface area contributed by atoms with Crippen LogP contribution in [0, 0.1) is 0 Å². The van der Waals surface area contributed by atoms with Crippen molar-refractivity contribution in [3.63, 3.8) is 0 Å². The van der Waals surface area contributed by atoms with E-state index in [4.69, 9.17) is 4.74 Å². The largest absolute Gasteiger partial charge is 0.455 e. The van der Waals surface area contributed by atoms with Gasteiger partial charge in [0.05, 0.1) is 0 Å². The number of hydrogen-bond acceptors (Lipinski definition) is 2. The van der Waals surface area contributed by atoms with Crippen LogP contribution in [0.25, 0.3) is 0 Å². The van der Waals surface area contributed by atoms with Crippen molar-refractivity contribution in [2.45, 2.75) is 52.1 Å². The molecule has 0 saturated heterocycles. The topological polar surface area (TPSA) is 26.3 Å². The molecule has 0 aromatic heterocycles. The van der Waals surface area contributed by atoms with Crippen molar-refractivity contribution in [2.75, 3.05) is 0 Å². The Morgan fingerprint density at radius 2 is 2.15 bits per heavy atom. The molecule has 1 aliphatic rings. The molecule has 2 nitrogen and oxygen atoms in total. The van der Waals surface area contributed by atoms with Crippen molar-refractivity contribution in [3.8, 4) is 0 Å². The molecule has 0 amide bonds. The Bertz CT molecular complexity index is 206. The van der Waals surface area contributed by atoms with Crippen LogP contribution in [0.15, 0.2) is 11.6 Å². The Balaban J connectivity index is 2.30. The van der Waals surface area contributed by atoms with Gasteiger partial charge < -0.3 is 4.74 Å². The maximum atomic E-state index is 11.2. The second-order valence-corrected chi connectivity index (χ2v) is 3.49. The zero-order valence-corrected chi connectivity index (χ0v) is 8.51. The first kappa shape index (κ1) is 10.3. The summed E-state index contributed by atoms with van der Waals surface area (Å²) < 4.78 is 5.18. The van der Waals surface area contributed by atoms with Crippen molar-refractivity contribution in [1.29, 1.82) is 0 Å². The maximum Gasteiger partial charge on any atom is 0.334 e. The van der Waals surface area contributed by atoms with E-state index in [-0.39, 0.29) is 12.1 Å². The summed E-state index contributed by atoms with van der Waals surface area (Å²) in [4.78, 5) is 11.2. The van der Waals surface area contributed by atoms with Crippen LogP contribution < -0.4 is 0 Å². The average molecular weight is 182 g/mol. The summed E-state index contributed by atoms with van der Waals surface area (Å²) in [7, 11) is 0. The summed E-state index contributed by atoms with van der Waals surface area (Å²) in [6, 6.07) is 0. The van der Waals surface area contributed by atoms with Crippen LogP contribution in [0.5, 0.6) is 0 Å². The lowest BCUT2D eigenvalue weighted by molar-refractivity contribution is -0.139. The summed E-state index contributed by atoms with van der Waals surface area (Å²) in [5.74, 6) is -0.107. The van der Waals surface area contributed by atoms with Crippen molar-refractivity contribution >= 4 is 5.97 Å². The number of rotatable bonds is 5. The van der Waals surface area contributed by atoms with Gasteiger partial charge in [-0.25, -0.2) is 4.79 Å². The molecule has 13 heavy (non-hydrogen) atoms. The van der Waals surface area contributed by atoms with E-state index in [1.54, 1.807) is 0 Å². The highest BCUT2D eigenvalue weighted by atomic mass is 16.5. The van der Waals surface area contributed by atoms with E-state index < -0.39 is 0 Å². The fourth-order valence-corrected chi connectivity index (χ4v) is 1.54. The Hall–Kier alpha value is -0.790. The van der Waals surface area contributed by atoms with Gasteiger partial charge in [-0.3, -0.25) is 0 Å². The van der Waals surface area contributed by atoms with E-state index in [0.717, 1.165) is 24.8 Å². The third-order valence-corrected chi connectivity index (χ3v) is 2.38. The van der Waals surface area contributed by atoms with Crippen molar-refractivity contribution in [1.82, 2.24) is 0 Å². The van der Waals surface area contributed by atoms with Gasteiger partial charge in [0, 0.05) is 5.57 Å². The highest BCUT2D eigenvalue weighted by molar-refractivity contribution is 5.90. The van der Waals surface area contributed by atoms with Crippen LogP contribution in [0.2, 0.25) is 0 Å². The van der Waals surface area contributed by atoms with E-state index >= 15 is 0 Å². The van der Waals surface area contributed by atoms with Gasteiger partial charge in [-0.15, -0.1) is 0 Å². The minimum Gasteiger partial charge on any atom is -0.455 e. The summed E-state index contributed by atoms with van der Waals surface area (Å²) >= 11 is 0. The van der Waals surface area contributed by atoms with E-state index in [9.17, 15) is 4.79 Å². The lowest BCUT2D eigenvalue weighted by Crippen LogP contribution is -2.07. The lowest BCUT2D eigenvalue weighted by Gasteiger charge is -2.06. The first-order chi connectivity index (χ1) is 6.27. The number of cyclic esters (lactones) is 1. The van der Waals surface area contributed by atoms with Crippen LogP contribution >= 0.6 is 0 Å². The molecule has 0 radical (unpaired) electrons. The summed E-state index contributed by atoms with van der Waals surface area (Å²) in [6.07, 6.45) is 7.43. The van der Waals surface area contributed by atoms with Crippen molar-refractivity contribution < 1.29 is 9.53 Å². The van der Waals surface area contributed by atoms with Gasteiger partial charge >= 0.3 is 5.97 Å². The highest BCUT2D eigenvalue weighted by Gasteiger charge is 2.22. The fraction of sp³-hybridized carbons (Fsp3) is 0.727. The predicted molar refractivity (Wildman–Crippen MR) is 52.4 cm³/mol. The maximum absolute atomic E-state index is 11.2. The Morgan fingerprint density at radius 3 is 2.69 bits per heavy atom. The molecule has 0 bridgehead atoms. The second-order valence-electron chi connectivity index (χ2n) is 3.49. The average Bonchev–Trinajstić information content (AvgIpc) is 2.47. The quantitative estimate of drug-likeness (QED) is 0.482. The predicted octanol–water partition coefficient (Wildman–Crippen LogP) is 2.83. The molecule has 1 aliphatic heterocycles. The number of carbonyl (C=O) groups is 1. The van der Waals surface area contributed by atoms with Crippen LogP contribution in [0.3, 0.4) is 0 Å². The van der Waals surface area contributed by atoms with E-state index in [2.05, 4.69) is 6.92 Å². The number of ether oxygens (including phenoxy) is 1. The van der Waals surface area contributed by atoms with Gasteiger partial charge in [-0.2, -0.15) is 0 Å². The van der Waals surface area contributed by atoms with Gasteiger partial charge in [-0.1, -0.05) is 26.7 Å². The smallest absolute Gasteiger partial charge is 0.334 e. The minimum atomic E-state index is -0.107. The molecular weight excluding hydrogens is 164 g/mol. The Morgan fingerprint density at radius 1 is 1.38 bits per heavy atom. The van der Waals surface area contributed by atoms with E-state index in [0.29, 0.717) is 0 Å². The van der Waals surface area contributed by atoms with Gasteiger partial charge in [0.1, 0.15) is 6.10 Å². The Kier molecular flexibility index (Phi) is 4.00. The molecule has 0 saturated carbocycles. The molecule has 1 heterocycles. The summed E-state index contributed by atoms with van der Waals surface area (Å²) in [6.45, 7) is 4.16. The minimum absolute atomic E-state index is 0.0639. The lowest BCUT2D eigenvalue weighted by atomic mass is 10.1. The third-order valence-electron chi connectivity index (χ3n) is 2.38. The van der Waals surface area contributed by atoms with Gasteiger partial charge in [0.2, 0.25) is 0 Å². The van der Waals surface area contributed by atoms with E-state index in [1.165, 1.54) is 12.8 Å². The number of hydrogen-bond donors (Lipinski definition) is 0. The zero-order chi connectivity index (χ0) is 9.68. The molecule has 0 aromatic rings. The molecule has 0 fully saturated rings. The molecular formula is C11H18O2. The van der Waals surface area contributed by atoms with Crippen molar-refractivity contribution in [2.24, 2.45) is 0 Å². The summed E-state index contributed by atoms with van der Waals surface area (Å²) in [5.41, 5.74) is 0.849. The van der Waals surface area contributed by atoms with Gasteiger partial charge in [0.15, 0.2) is 0 Å². The molecule has 1 atom stereocenters. The molecule has 0 N–H and O–H groups in total. The SMILES string of the molecule is CCCCCC1C=C(CC)C(=O)O1. The van der Waals surface area contributed by atoms with E-state index in [1.807, 2.05) is 13.0 Å². The number of unbranched alkanes of at least 4 members (excludes halogenated alkanes) is 2. The van der Waals surface area contributed by atoms with Crippen molar-refractivity contribution in [3.05, 3.63) is 11.6 Å². The van der Waals surface area contributed by atoms with Gasteiger partial charge in [0.25, 0.3) is 0 Å². The molecule has 1 unspecified atom stereocenters. The molecule has 1 rings (SSSR count). The number of esters is 1. The second kappa shape index (κ2) is 5.05. The van der Waals surface area contributed by atoms with Crippen LogP contribution in [-0.2, 0) is 9.53 Å². The number of carbonyl (C=O) groups excluding carboxylic acids is 1. The standard InChI is InChI=1S/C11H18O2/c1-3-5-6-7-10-8-9(4-2)11(12)13-10/h8,10H,3-7H2,1-2H3. The molecule has 0 aliphatic carbocycles. The molecule has 0 spiro atoms. The van der Waals surface area contributed by atoms with Crippen LogP contribution in [0.4, 0.5) is 0 Å². The normalized spacial score (nSPS) is 21.5. The summed E-state index contributed by atoms with van der Waals surface area (Å²) in [5, 5.41) is 0. The third kappa shape index (κ3) is 2.87. The first-order valence-corrected chi connectivity index (χ1v) is 5.19. The Labute approximate surface area is 80.0 Å². The molecule has 74 valence electrons. The molecule has 0 aromatic carbocycles. The fourth-order valence-electron chi connectivity index (χ4n) is 1.54. The van der Waals surface area contributed by atoms with Crippen LogP contribution in [0.1, 0.15) is 46.0 Å². The van der Waals surface area contributed by atoms with Gasteiger partial charge in [-0.05, 0) is 25.3 Å². The first-order valence-electron chi connectivity index (χ1n) is 5.19. The molecule has 2 heteroatoms.